The molecule has 2 rings (SSSR count). The van der Waals surface area contributed by atoms with Gasteiger partial charge in [-0.2, -0.15) is 0 Å². The molecule has 22 heavy (non-hydrogen) atoms. The van der Waals surface area contributed by atoms with E-state index in [1.54, 1.807) is 18.3 Å². The van der Waals surface area contributed by atoms with Crippen molar-refractivity contribution in [1.29, 1.82) is 0 Å². The maximum absolute atomic E-state index is 12.3. The summed E-state index contributed by atoms with van der Waals surface area (Å²) >= 11 is 5.95. The average molecular weight is 318 g/mol. The van der Waals surface area contributed by atoms with Crippen LogP contribution in [-0.2, 0) is 0 Å². The largest absolute Gasteiger partial charge is 0.372 e. The Kier molecular flexibility index (Phi) is 5.39. The van der Waals surface area contributed by atoms with E-state index in [0.717, 1.165) is 30.0 Å². The Labute approximate surface area is 136 Å². The standard InChI is InChI=1S/C17H20ClN3O/c1-4-21(5-2)13-8-9-15(12(3)11-13)20-17(22)14-7-6-10-19-16(14)18/h6-11H,4-5H2,1-3H3,(H,20,22). The maximum Gasteiger partial charge on any atom is 0.258 e. The minimum absolute atomic E-state index is 0.206. The molecule has 0 saturated carbocycles. The summed E-state index contributed by atoms with van der Waals surface area (Å²) in [6, 6.07) is 9.36. The van der Waals surface area contributed by atoms with Gasteiger partial charge in [-0.3, -0.25) is 4.79 Å². The normalized spacial score (nSPS) is 10.4. The van der Waals surface area contributed by atoms with Gasteiger partial charge in [0.25, 0.3) is 5.91 Å². The summed E-state index contributed by atoms with van der Waals surface area (Å²) in [4.78, 5) is 18.5. The Hall–Kier alpha value is -2.07. The molecule has 1 aromatic heterocycles. The summed E-state index contributed by atoms with van der Waals surface area (Å²) in [6.07, 6.45) is 1.56. The molecule has 4 nitrogen and oxygen atoms in total. The molecule has 2 aromatic rings. The van der Waals surface area contributed by atoms with E-state index in [4.69, 9.17) is 11.6 Å². The summed E-state index contributed by atoms with van der Waals surface area (Å²) < 4.78 is 0. The van der Waals surface area contributed by atoms with E-state index in [2.05, 4.69) is 35.1 Å². The molecule has 0 spiro atoms. The van der Waals surface area contributed by atoms with E-state index in [1.807, 2.05) is 19.1 Å². The summed E-state index contributed by atoms with van der Waals surface area (Å²) in [5.74, 6) is -0.253. The van der Waals surface area contributed by atoms with E-state index < -0.39 is 0 Å². The molecule has 1 amide bonds. The van der Waals surface area contributed by atoms with Crippen LogP contribution >= 0.6 is 11.6 Å². The van der Waals surface area contributed by atoms with Crippen molar-refractivity contribution in [3.8, 4) is 0 Å². The van der Waals surface area contributed by atoms with Gasteiger partial charge >= 0.3 is 0 Å². The molecular weight excluding hydrogens is 298 g/mol. The van der Waals surface area contributed by atoms with Crippen molar-refractivity contribution in [2.45, 2.75) is 20.8 Å². The molecule has 5 heteroatoms. The first kappa shape index (κ1) is 16.3. The van der Waals surface area contributed by atoms with Crippen LogP contribution in [0.3, 0.4) is 0 Å². The second-order valence-corrected chi connectivity index (χ2v) is 5.33. The van der Waals surface area contributed by atoms with Crippen LogP contribution < -0.4 is 10.2 Å². The highest BCUT2D eigenvalue weighted by Crippen LogP contribution is 2.23. The molecule has 0 radical (unpaired) electrons. The number of nitrogens with one attached hydrogen (secondary N) is 1. The maximum atomic E-state index is 12.3. The summed E-state index contributed by atoms with van der Waals surface area (Å²) in [7, 11) is 0. The Balaban J connectivity index is 2.20. The van der Waals surface area contributed by atoms with Crippen molar-refractivity contribution in [1.82, 2.24) is 4.98 Å². The first-order valence-corrected chi connectivity index (χ1v) is 7.72. The van der Waals surface area contributed by atoms with Gasteiger partial charge in [0.05, 0.1) is 5.56 Å². The second kappa shape index (κ2) is 7.27. The van der Waals surface area contributed by atoms with Crippen LogP contribution in [-0.4, -0.2) is 24.0 Å². The average Bonchev–Trinajstić information content (AvgIpc) is 2.51. The zero-order chi connectivity index (χ0) is 16.1. The van der Waals surface area contributed by atoms with Gasteiger partial charge in [-0.05, 0) is 56.7 Å². The number of pyridine rings is 1. The van der Waals surface area contributed by atoms with Crippen molar-refractivity contribution in [2.24, 2.45) is 0 Å². The molecule has 0 saturated heterocycles. The highest BCUT2D eigenvalue weighted by atomic mass is 35.5. The monoisotopic (exact) mass is 317 g/mol. The number of hydrogen-bond donors (Lipinski definition) is 1. The van der Waals surface area contributed by atoms with Gasteiger partial charge in [0.1, 0.15) is 5.15 Å². The third kappa shape index (κ3) is 3.57. The highest BCUT2D eigenvalue weighted by Gasteiger charge is 2.12. The number of nitrogens with zero attached hydrogens (tertiary/aromatic N) is 2. The summed E-state index contributed by atoms with van der Waals surface area (Å²) in [6.45, 7) is 8.13. The van der Waals surface area contributed by atoms with Crippen LogP contribution in [0.2, 0.25) is 5.15 Å². The van der Waals surface area contributed by atoms with Crippen LogP contribution in [0.15, 0.2) is 36.5 Å². The lowest BCUT2D eigenvalue weighted by atomic mass is 10.1. The van der Waals surface area contributed by atoms with Gasteiger partial charge in [-0.15, -0.1) is 0 Å². The fraction of sp³-hybridized carbons (Fsp3) is 0.294. The first-order valence-electron chi connectivity index (χ1n) is 7.34. The Bertz CT molecular complexity index is 669. The third-order valence-corrected chi connectivity index (χ3v) is 3.89. The Morgan fingerprint density at radius 1 is 1.27 bits per heavy atom. The first-order chi connectivity index (χ1) is 10.6. The third-order valence-electron chi connectivity index (χ3n) is 3.59. The number of carbonyl (C=O) groups is 1. The second-order valence-electron chi connectivity index (χ2n) is 4.97. The number of rotatable bonds is 5. The van der Waals surface area contributed by atoms with E-state index in [-0.39, 0.29) is 11.1 Å². The van der Waals surface area contributed by atoms with Crippen molar-refractivity contribution in [2.75, 3.05) is 23.3 Å². The molecule has 0 atom stereocenters. The molecule has 0 fully saturated rings. The number of aryl methyl sites for hydroxylation is 1. The van der Waals surface area contributed by atoms with Gasteiger partial charge in [0.2, 0.25) is 0 Å². The van der Waals surface area contributed by atoms with E-state index >= 15 is 0 Å². The Morgan fingerprint density at radius 2 is 2.00 bits per heavy atom. The summed E-state index contributed by atoms with van der Waals surface area (Å²) in [5.41, 5.74) is 3.31. The lowest BCUT2D eigenvalue weighted by Gasteiger charge is -2.22. The van der Waals surface area contributed by atoms with Gasteiger partial charge in [0, 0.05) is 30.7 Å². The van der Waals surface area contributed by atoms with E-state index in [9.17, 15) is 4.79 Å². The topological polar surface area (TPSA) is 45.2 Å². The number of benzene rings is 1. The van der Waals surface area contributed by atoms with Crippen molar-refractivity contribution < 1.29 is 4.79 Å². The predicted octanol–water partition coefficient (Wildman–Crippen LogP) is 4.14. The number of anilines is 2. The minimum atomic E-state index is -0.253. The Morgan fingerprint density at radius 3 is 2.59 bits per heavy atom. The molecule has 1 N–H and O–H groups in total. The molecule has 0 bridgehead atoms. The van der Waals surface area contributed by atoms with Crippen molar-refractivity contribution in [3.63, 3.8) is 0 Å². The van der Waals surface area contributed by atoms with Gasteiger partial charge in [-0.25, -0.2) is 4.98 Å². The molecule has 1 heterocycles. The molecule has 116 valence electrons. The van der Waals surface area contributed by atoms with E-state index in [1.165, 1.54) is 0 Å². The fourth-order valence-electron chi connectivity index (χ4n) is 2.32. The number of amides is 1. The zero-order valence-corrected chi connectivity index (χ0v) is 13.8. The molecular formula is C17H20ClN3O. The van der Waals surface area contributed by atoms with Gasteiger partial charge < -0.3 is 10.2 Å². The number of carbonyl (C=O) groups excluding carboxylic acids is 1. The van der Waals surface area contributed by atoms with Crippen LogP contribution in [0.1, 0.15) is 29.8 Å². The quantitative estimate of drug-likeness (QED) is 0.843. The molecule has 0 aliphatic heterocycles. The lowest BCUT2D eigenvalue weighted by Crippen LogP contribution is -2.22. The van der Waals surface area contributed by atoms with Crippen LogP contribution in [0.4, 0.5) is 11.4 Å². The lowest BCUT2D eigenvalue weighted by molar-refractivity contribution is 0.102. The zero-order valence-electron chi connectivity index (χ0n) is 13.1. The molecule has 0 aliphatic carbocycles. The van der Waals surface area contributed by atoms with Gasteiger partial charge in [0.15, 0.2) is 0 Å². The number of aromatic nitrogens is 1. The van der Waals surface area contributed by atoms with Crippen LogP contribution in [0.5, 0.6) is 0 Å². The van der Waals surface area contributed by atoms with Crippen molar-refractivity contribution >= 4 is 28.9 Å². The molecule has 1 aromatic carbocycles. The van der Waals surface area contributed by atoms with E-state index in [0.29, 0.717) is 5.56 Å². The number of halogens is 1. The predicted molar refractivity (Wildman–Crippen MR) is 91.9 cm³/mol. The van der Waals surface area contributed by atoms with Crippen molar-refractivity contribution in [3.05, 3.63) is 52.8 Å². The van der Waals surface area contributed by atoms with Gasteiger partial charge in [-0.1, -0.05) is 11.6 Å². The molecule has 0 unspecified atom stereocenters. The number of hydrogen-bond acceptors (Lipinski definition) is 3. The smallest absolute Gasteiger partial charge is 0.258 e. The van der Waals surface area contributed by atoms with Crippen LogP contribution in [0.25, 0.3) is 0 Å². The molecule has 0 aliphatic rings. The highest BCUT2D eigenvalue weighted by molar-refractivity contribution is 6.33. The minimum Gasteiger partial charge on any atom is -0.372 e. The van der Waals surface area contributed by atoms with Crippen LogP contribution in [0, 0.1) is 6.92 Å². The summed E-state index contributed by atoms with van der Waals surface area (Å²) in [5, 5.41) is 3.09. The fourth-order valence-corrected chi connectivity index (χ4v) is 2.52. The SMILES string of the molecule is CCN(CC)c1ccc(NC(=O)c2cccnc2Cl)c(C)c1.